The number of thioether (sulfide) groups is 2. The minimum atomic E-state index is 0.756. The van der Waals surface area contributed by atoms with Gasteiger partial charge >= 0.3 is 0 Å². The van der Waals surface area contributed by atoms with Gasteiger partial charge in [0.15, 0.2) is 5.17 Å². The number of rotatable bonds is 2. The third-order valence-electron chi connectivity index (χ3n) is 2.56. The third-order valence-corrected chi connectivity index (χ3v) is 5.24. The molecule has 0 aromatic carbocycles. The van der Waals surface area contributed by atoms with E-state index in [9.17, 15) is 0 Å². The van der Waals surface area contributed by atoms with Gasteiger partial charge in [0.05, 0.1) is 0 Å². The second kappa shape index (κ2) is 5.31. The Morgan fingerprint density at radius 2 is 2.50 bits per heavy atom. The molecule has 2 nitrogen and oxygen atoms in total. The van der Waals surface area contributed by atoms with Crippen LogP contribution in [-0.4, -0.2) is 35.0 Å². The summed E-state index contributed by atoms with van der Waals surface area (Å²) in [6, 6.07) is 0. The molecule has 2 aliphatic rings. The summed E-state index contributed by atoms with van der Waals surface area (Å²) >= 11 is 3.99. The highest BCUT2D eigenvalue weighted by Gasteiger charge is 2.17. The topological polar surface area (TPSA) is 24.4 Å². The smallest absolute Gasteiger partial charge is 0.156 e. The van der Waals surface area contributed by atoms with Crippen LogP contribution < -0.4 is 5.32 Å². The fourth-order valence-electron chi connectivity index (χ4n) is 1.67. The highest BCUT2D eigenvalue weighted by molar-refractivity contribution is 8.13. The molecule has 0 radical (unpaired) electrons. The second-order valence-corrected chi connectivity index (χ2v) is 6.49. The van der Waals surface area contributed by atoms with E-state index in [-0.39, 0.29) is 0 Å². The van der Waals surface area contributed by atoms with E-state index in [1.54, 1.807) is 0 Å². The fourth-order valence-corrected chi connectivity index (χ4v) is 3.77. The molecule has 2 atom stereocenters. The monoisotopic (exact) mass is 230 g/mol. The van der Waals surface area contributed by atoms with Gasteiger partial charge in [-0.25, -0.2) is 0 Å². The average molecular weight is 230 g/mol. The van der Waals surface area contributed by atoms with Crippen LogP contribution in [0.2, 0.25) is 0 Å². The zero-order valence-corrected chi connectivity index (χ0v) is 10.3. The summed E-state index contributed by atoms with van der Waals surface area (Å²) in [4.78, 5) is 4.53. The van der Waals surface area contributed by atoms with E-state index in [1.165, 1.54) is 29.5 Å². The number of aliphatic imine (C=N–C) groups is 1. The minimum Gasteiger partial charge on any atom is -0.364 e. The molecule has 0 bridgehead atoms. The maximum atomic E-state index is 4.53. The zero-order valence-electron chi connectivity index (χ0n) is 8.66. The summed E-state index contributed by atoms with van der Waals surface area (Å²) in [6.45, 7) is 4.39. The summed E-state index contributed by atoms with van der Waals surface area (Å²) < 4.78 is 0. The van der Waals surface area contributed by atoms with Crippen LogP contribution in [0, 0.1) is 5.92 Å². The molecule has 0 aliphatic carbocycles. The Morgan fingerprint density at radius 1 is 1.57 bits per heavy atom. The molecule has 0 aromatic heterocycles. The predicted molar refractivity (Wildman–Crippen MR) is 67.4 cm³/mol. The maximum Gasteiger partial charge on any atom is 0.156 e. The van der Waals surface area contributed by atoms with Crippen LogP contribution in [-0.2, 0) is 0 Å². The Hall–Kier alpha value is 0.170. The Kier molecular flexibility index (Phi) is 4.05. The predicted octanol–water partition coefficient (Wildman–Crippen LogP) is 2.21. The Labute approximate surface area is 94.7 Å². The van der Waals surface area contributed by atoms with Crippen LogP contribution in [0.5, 0.6) is 0 Å². The first kappa shape index (κ1) is 10.7. The Bertz CT molecular complexity index is 212. The molecule has 2 unspecified atom stereocenters. The van der Waals surface area contributed by atoms with Crippen molar-refractivity contribution in [2.24, 2.45) is 10.9 Å². The largest absolute Gasteiger partial charge is 0.364 e. The van der Waals surface area contributed by atoms with Gasteiger partial charge in [-0.1, -0.05) is 18.7 Å². The number of amidine groups is 1. The van der Waals surface area contributed by atoms with E-state index in [4.69, 9.17) is 0 Å². The lowest BCUT2D eigenvalue weighted by atomic mass is 10.2. The first-order chi connectivity index (χ1) is 6.84. The van der Waals surface area contributed by atoms with Crippen LogP contribution >= 0.6 is 23.5 Å². The van der Waals surface area contributed by atoms with Crippen molar-refractivity contribution in [1.29, 1.82) is 0 Å². The van der Waals surface area contributed by atoms with Gasteiger partial charge in [0, 0.05) is 24.1 Å². The lowest BCUT2D eigenvalue weighted by Crippen LogP contribution is -2.30. The lowest BCUT2D eigenvalue weighted by Gasteiger charge is -2.19. The van der Waals surface area contributed by atoms with Crippen LogP contribution in [0.25, 0.3) is 0 Å². The molecule has 2 heterocycles. The SMILES string of the molecule is CC1CN=C(NCC2CCCS2)SC1. The van der Waals surface area contributed by atoms with Gasteiger partial charge in [0.2, 0.25) is 0 Å². The van der Waals surface area contributed by atoms with Crippen LogP contribution in [0.15, 0.2) is 4.99 Å². The van der Waals surface area contributed by atoms with Crippen LogP contribution in [0.4, 0.5) is 0 Å². The second-order valence-electron chi connectivity index (χ2n) is 4.08. The van der Waals surface area contributed by atoms with Crippen molar-refractivity contribution >= 4 is 28.7 Å². The third kappa shape index (κ3) is 3.09. The van der Waals surface area contributed by atoms with Gasteiger partial charge in [0.1, 0.15) is 0 Å². The normalized spacial score (nSPS) is 32.8. The molecule has 1 fully saturated rings. The van der Waals surface area contributed by atoms with E-state index in [2.05, 4.69) is 29.0 Å². The van der Waals surface area contributed by atoms with Gasteiger partial charge in [0.25, 0.3) is 0 Å². The van der Waals surface area contributed by atoms with Gasteiger partial charge in [-0.3, -0.25) is 4.99 Å². The molecular formula is C10H18N2S2. The van der Waals surface area contributed by atoms with Crippen molar-refractivity contribution in [2.45, 2.75) is 25.0 Å². The molecule has 0 spiro atoms. The van der Waals surface area contributed by atoms with Crippen LogP contribution in [0.1, 0.15) is 19.8 Å². The molecule has 4 heteroatoms. The number of hydrogen-bond acceptors (Lipinski definition) is 4. The van der Waals surface area contributed by atoms with Crippen molar-refractivity contribution in [3.05, 3.63) is 0 Å². The molecule has 2 aliphatic heterocycles. The zero-order chi connectivity index (χ0) is 9.80. The van der Waals surface area contributed by atoms with Crippen LogP contribution in [0.3, 0.4) is 0 Å². The molecule has 1 saturated heterocycles. The lowest BCUT2D eigenvalue weighted by molar-refractivity contribution is 0.666. The van der Waals surface area contributed by atoms with Crippen molar-refractivity contribution in [3.8, 4) is 0 Å². The number of nitrogens with zero attached hydrogens (tertiary/aromatic N) is 1. The first-order valence-electron chi connectivity index (χ1n) is 5.37. The maximum absolute atomic E-state index is 4.53. The molecule has 2 rings (SSSR count). The molecular weight excluding hydrogens is 212 g/mol. The Balaban J connectivity index is 1.69. The highest BCUT2D eigenvalue weighted by Crippen LogP contribution is 2.25. The highest BCUT2D eigenvalue weighted by atomic mass is 32.2. The molecule has 14 heavy (non-hydrogen) atoms. The number of nitrogens with one attached hydrogen (secondary N) is 1. The minimum absolute atomic E-state index is 0.756. The first-order valence-corrected chi connectivity index (χ1v) is 7.41. The van der Waals surface area contributed by atoms with Gasteiger partial charge in [-0.15, -0.1) is 0 Å². The number of hydrogen-bond donors (Lipinski definition) is 1. The summed E-state index contributed by atoms with van der Waals surface area (Å²) in [5.74, 6) is 3.33. The van der Waals surface area contributed by atoms with Crippen molar-refractivity contribution in [3.63, 3.8) is 0 Å². The van der Waals surface area contributed by atoms with Crippen molar-refractivity contribution in [2.75, 3.05) is 24.6 Å². The molecule has 0 saturated carbocycles. The molecule has 1 N–H and O–H groups in total. The van der Waals surface area contributed by atoms with E-state index in [0.29, 0.717) is 0 Å². The summed E-state index contributed by atoms with van der Waals surface area (Å²) in [7, 11) is 0. The summed E-state index contributed by atoms with van der Waals surface area (Å²) in [5, 5.41) is 5.48. The Morgan fingerprint density at radius 3 is 3.14 bits per heavy atom. The van der Waals surface area contributed by atoms with E-state index >= 15 is 0 Å². The molecule has 0 aromatic rings. The summed E-state index contributed by atoms with van der Waals surface area (Å²) in [6.07, 6.45) is 2.78. The van der Waals surface area contributed by atoms with Crippen molar-refractivity contribution in [1.82, 2.24) is 5.32 Å². The van der Waals surface area contributed by atoms with Gasteiger partial charge < -0.3 is 5.32 Å². The van der Waals surface area contributed by atoms with Gasteiger partial charge in [-0.05, 0) is 24.5 Å². The summed E-state index contributed by atoms with van der Waals surface area (Å²) in [5.41, 5.74) is 0. The molecule has 80 valence electrons. The van der Waals surface area contributed by atoms with E-state index < -0.39 is 0 Å². The standard InChI is InChI=1S/C10H18N2S2/c1-8-5-11-10(14-7-8)12-6-9-3-2-4-13-9/h8-9H,2-7H2,1H3,(H,11,12). The van der Waals surface area contributed by atoms with Gasteiger partial charge in [-0.2, -0.15) is 11.8 Å². The fraction of sp³-hybridized carbons (Fsp3) is 0.900. The van der Waals surface area contributed by atoms with Crippen molar-refractivity contribution < 1.29 is 0 Å². The van der Waals surface area contributed by atoms with E-state index in [1.807, 2.05) is 11.8 Å². The average Bonchev–Trinajstić information content (AvgIpc) is 2.70. The molecule has 0 amide bonds. The van der Waals surface area contributed by atoms with E-state index in [0.717, 1.165) is 24.3 Å². The quantitative estimate of drug-likeness (QED) is 0.787.